The molecule has 1 saturated carbocycles. The van der Waals surface area contributed by atoms with Crippen LogP contribution in [0, 0.1) is 5.82 Å². The molecular weight excluding hydrogens is 467 g/mol. The molecule has 1 aliphatic rings. The molecule has 1 atom stereocenters. The third-order valence-corrected chi connectivity index (χ3v) is 7.08. The highest BCUT2D eigenvalue weighted by molar-refractivity contribution is 5.72. The van der Waals surface area contributed by atoms with E-state index >= 15 is 4.39 Å². The van der Waals surface area contributed by atoms with Gasteiger partial charge in [-0.15, -0.1) is 0 Å². The molecule has 0 amide bonds. The predicted octanol–water partition coefficient (Wildman–Crippen LogP) is 7.03. The average Bonchev–Trinajstić information content (AvgIpc) is 2.92. The molecule has 4 nitrogen and oxygen atoms in total. The number of hydrogen-bond acceptors (Lipinski definition) is 4. The first-order valence-corrected chi connectivity index (χ1v) is 13.2. The normalized spacial score (nSPS) is 14.9. The van der Waals surface area contributed by atoms with Crippen molar-refractivity contribution in [2.75, 3.05) is 19.8 Å². The van der Waals surface area contributed by atoms with Crippen molar-refractivity contribution in [3.63, 3.8) is 0 Å². The summed E-state index contributed by atoms with van der Waals surface area (Å²) in [5.41, 5.74) is 5.80. The van der Waals surface area contributed by atoms with E-state index in [4.69, 9.17) is 14.6 Å². The van der Waals surface area contributed by atoms with Gasteiger partial charge in [0.15, 0.2) is 6.29 Å². The van der Waals surface area contributed by atoms with Crippen molar-refractivity contribution in [3.8, 4) is 28.0 Å². The molecule has 1 unspecified atom stereocenters. The number of aliphatic hydroxyl groups excluding tert-OH is 2. The number of benzene rings is 3. The second-order valence-electron chi connectivity index (χ2n) is 9.87. The Morgan fingerprint density at radius 1 is 0.946 bits per heavy atom. The molecule has 4 rings (SSSR count). The van der Waals surface area contributed by atoms with Crippen molar-refractivity contribution in [2.24, 2.45) is 0 Å². The Morgan fingerprint density at radius 3 is 2.32 bits per heavy atom. The summed E-state index contributed by atoms with van der Waals surface area (Å²) in [5.74, 6) is 0.953. The second-order valence-corrected chi connectivity index (χ2v) is 9.87. The molecule has 2 N–H and O–H groups in total. The van der Waals surface area contributed by atoms with E-state index < -0.39 is 6.29 Å². The molecule has 0 aromatic heterocycles. The highest BCUT2D eigenvalue weighted by atomic mass is 19.1. The third kappa shape index (κ3) is 7.07. The summed E-state index contributed by atoms with van der Waals surface area (Å²) in [7, 11) is 0. The quantitative estimate of drug-likeness (QED) is 0.217. The lowest BCUT2D eigenvalue weighted by Crippen LogP contribution is -2.15. The van der Waals surface area contributed by atoms with Gasteiger partial charge in [0.05, 0.1) is 13.2 Å². The van der Waals surface area contributed by atoms with Gasteiger partial charge in [-0.25, -0.2) is 4.39 Å². The Kier molecular flexibility index (Phi) is 9.51. The molecule has 37 heavy (non-hydrogen) atoms. The fourth-order valence-electron chi connectivity index (χ4n) is 4.97. The Bertz CT molecular complexity index is 1180. The molecule has 196 valence electrons. The number of rotatable bonds is 11. The van der Waals surface area contributed by atoms with Crippen LogP contribution < -0.4 is 4.74 Å². The van der Waals surface area contributed by atoms with Gasteiger partial charge in [-0.2, -0.15) is 0 Å². The van der Waals surface area contributed by atoms with Gasteiger partial charge in [-0.3, -0.25) is 0 Å². The van der Waals surface area contributed by atoms with Crippen molar-refractivity contribution < 1.29 is 24.1 Å². The van der Waals surface area contributed by atoms with E-state index in [1.807, 2.05) is 24.3 Å². The van der Waals surface area contributed by atoms with Gasteiger partial charge in [0.1, 0.15) is 18.2 Å². The summed E-state index contributed by atoms with van der Waals surface area (Å²) in [6.07, 6.45) is 5.88. The Labute approximate surface area is 219 Å². The van der Waals surface area contributed by atoms with Gasteiger partial charge < -0.3 is 19.7 Å². The van der Waals surface area contributed by atoms with Crippen molar-refractivity contribution >= 4 is 0 Å². The monoisotopic (exact) mass is 504 g/mol. The lowest BCUT2D eigenvalue weighted by atomic mass is 9.83. The van der Waals surface area contributed by atoms with Crippen molar-refractivity contribution in [3.05, 3.63) is 89.8 Å². The van der Waals surface area contributed by atoms with Crippen LogP contribution >= 0.6 is 0 Å². The van der Waals surface area contributed by atoms with Crippen LogP contribution in [0.1, 0.15) is 56.1 Å². The average molecular weight is 505 g/mol. The zero-order chi connectivity index (χ0) is 26.2. The number of hydrogen-bond donors (Lipinski definition) is 2. The highest BCUT2D eigenvalue weighted by Crippen LogP contribution is 2.35. The van der Waals surface area contributed by atoms with E-state index in [1.165, 1.54) is 37.7 Å². The largest absolute Gasteiger partial charge is 0.491 e. The topological polar surface area (TPSA) is 58.9 Å². The van der Waals surface area contributed by atoms with Crippen LogP contribution in [0.3, 0.4) is 0 Å². The zero-order valence-electron chi connectivity index (χ0n) is 21.6. The van der Waals surface area contributed by atoms with E-state index in [-0.39, 0.29) is 25.6 Å². The van der Waals surface area contributed by atoms with Crippen molar-refractivity contribution in [2.45, 2.75) is 57.7 Å². The maximum atomic E-state index is 15.3. The fraction of sp³-hybridized carbons (Fsp3) is 0.375. The molecule has 0 bridgehead atoms. The van der Waals surface area contributed by atoms with E-state index in [2.05, 4.69) is 30.8 Å². The first-order valence-electron chi connectivity index (χ1n) is 13.2. The maximum absolute atomic E-state index is 15.3. The zero-order valence-corrected chi connectivity index (χ0v) is 21.6. The molecule has 1 fully saturated rings. The minimum Gasteiger partial charge on any atom is -0.491 e. The summed E-state index contributed by atoms with van der Waals surface area (Å²) in [5, 5.41) is 19.0. The maximum Gasteiger partial charge on any atom is 0.176 e. The lowest BCUT2D eigenvalue weighted by Gasteiger charge is -2.22. The van der Waals surface area contributed by atoms with E-state index in [0.29, 0.717) is 29.2 Å². The van der Waals surface area contributed by atoms with Gasteiger partial charge >= 0.3 is 0 Å². The van der Waals surface area contributed by atoms with Crippen LogP contribution in [0.4, 0.5) is 4.39 Å². The molecule has 5 heteroatoms. The number of ether oxygens (including phenoxy) is 2. The Hall–Kier alpha value is -2.99. The van der Waals surface area contributed by atoms with Crippen LogP contribution in [-0.4, -0.2) is 36.3 Å². The lowest BCUT2D eigenvalue weighted by molar-refractivity contribution is -0.0706. The summed E-state index contributed by atoms with van der Waals surface area (Å²) in [4.78, 5) is 0. The van der Waals surface area contributed by atoms with Crippen LogP contribution in [0.25, 0.3) is 22.3 Å². The molecule has 1 aliphatic carbocycles. The standard InChI is InChI=1S/C32H37FO4/c1-22(2)32(35)37-18-16-28-20-27(13-15-31(28)36-19-17-34)29-14-12-26(21-30(29)33)25-10-8-24(9-11-25)23-6-4-3-5-7-23/h8-15,20-21,23,32,34-35H,1,3-7,16-19H2,2H3. The van der Waals surface area contributed by atoms with Gasteiger partial charge in [-0.1, -0.05) is 68.3 Å². The fourth-order valence-corrected chi connectivity index (χ4v) is 4.97. The molecule has 3 aromatic rings. The molecular formula is C32H37FO4. The summed E-state index contributed by atoms with van der Waals surface area (Å²) >= 11 is 0. The predicted molar refractivity (Wildman–Crippen MR) is 146 cm³/mol. The molecule has 0 aliphatic heterocycles. The van der Waals surface area contributed by atoms with Crippen LogP contribution in [0.15, 0.2) is 72.8 Å². The van der Waals surface area contributed by atoms with E-state index in [1.54, 1.807) is 19.1 Å². The van der Waals surface area contributed by atoms with Gasteiger partial charge in [-0.05, 0) is 83.7 Å². The summed E-state index contributed by atoms with van der Waals surface area (Å²) in [6, 6.07) is 19.4. The molecule has 0 saturated heterocycles. The number of aliphatic hydroxyl groups is 2. The summed E-state index contributed by atoms with van der Waals surface area (Å²) in [6.45, 7) is 5.67. The van der Waals surface area contributed by atoms with Gasteiger partial charge in [0.2, 0.25) is 0 Å². The number of halogens is 1. The Balaban J connectivity index is 1.52. The first-order chi connectivity index (χ1) is 18.0. The van der Waals surface area contributed by atoms with E-state index in [9.17, 15) is 5.11 Å². The second kappa shape index (κ2) is 13.0. The minimum absolute atomic E-state index is 0.107. The van der Waals surface area contributed by atoms with Crippen LogP contribution in [-0.2, 0) is 11.2 Å². The minimum atomic E-state index is -1.04. The molecule has 0 spiro atoms. The SMILES string of the molecule is C=C(C)C(O)OCCc1cc(-c2ccc(-c3ccc(C4CCCCC4)cc3)cc2F)ccc1OCCO. The van der Waals surface area contributed by atoms with Crippen molar-refractivity contribution in [1.82, 2.24) is 0 Å². The molecule has 0 radical (unpaired) electrons. The van der Waals surface area contributed by atoms with Gasteiger partial charge in [0, 0.05) is 5.56 Å². The van der Waals surface area contributed by atoms with E-state index in [0.717, 1.165) is 22.3 Å². The summed E-state index contributed by atoms with van der Waals surface area (Å²) < 4.78 is 26.4. The highest BCUT2D eigenvalue weighted by Gasteiger charge is 2.16. The van der Waals surface area contributed by atoms with Gasteiger partial charge in [0.25, 0.3) is 0 Å². The molecule has 3 aromatic carbocycles. The first kappa shape index (κ1) is 27.1. The molecule has 0 heterocycles. The smallest absolute Gasteiger partial charge is 0.176 e. The third-order valence-electron chi connectivity index (χ3n) is 7.08. The Morgan fingerprint density at radius 2 is 1.65 bits per heavy atom. The van der Waals surface area contributed by atoms with Crippen LogP contribution in [0.5, 0.6) is 5.75 Å². The van der Waals surface area contributed by atoms with Crippen LogP contribution in [0.2, 0.25) is 0 Å². The van der Waals surface area contributed by atoms with Crippen molar-refractivity contribution in [1.29, 1.82) is 0 Å².